The molecule has 0 aromatic heterocycles. The van der Waals surface area contributed by atoms with Gasteiger partial charge in [0.05, 0.1) is 0 Å². The van der Waals surface area contributed by atoms with Gasteiger partial charge in [-0.05, 0) is 33.6 Å². The first-order valence-electron chi connectivity index (χ1n) is 6.59. The fourth-order valence-corrected chi connectivity index (χ4v) is 1.69. The Balaban J connectivity index is 4.77. The summed E-state index contributed by atoms with van der Waals surface area (Å²) in [5.74, 6) is -1.81. The van der Waals surface area contributed by atoms with E-state index in [9.17, 15) is 9.59 Å². The molecule has 7 nitrogen and oxygen atoms in total. The first-order chi connectivity index (χ1) is 8.99. The van der Waals surface area contributed by atoms with E-state index in [2.05, 4.69) is 15.8 Å². The summed E-state index contributed by atoms with van der Waals surface area (Å²) in [6.45, 7) is 10.7. The first kappa shape index (κ1) is 18.2. The molecule has 0 aromatic carbocycles. The average molecular weight is 286 g/mol. The zero-order valence-corrected chi connectivity index (χ0v) is 13.0. The second-order valence-corrected chi connectivity index (χ2v) is 6.22. The van der Waals surface area contributed by atoms with Gasteiger partial charge in [-0.2, -0.15) is 0 Å². The van der Waals surface area contributed by atoms with Gasteiger partial charge in [-0.25, -0.2) is 0 Å². The maximum absolute atomic E-state index is 12.1. The number of nitrogens with two attached hydrogens (primary N) is 1. The predicted octanol–water partition coefficient (Wildman–Crippen LogP) is 0.424. The van der Waals surface area contributed by atoms with E-state index in [1.165, 1.54) is 0 Å². The standard InChI is InChI=1S/C13H26N4O3/c1-7(2)9(10(14)17-20)12(19)15-8(3)11(18)16-13(4,5)6/h7-9,20H,1-6H3,(H2,14,17)(H,15,19)(H,16,18). The highest BCUT2D eigenvalue weighted by atomic mass is 16.4. The molecule has 0 fully saturated rings. The Morgan fingerprint density at radius 1 is 1.15 bits per heavy atom. The van der Waals surface area contributed by atoms with E-state index in [4.69, 9.17) is 10.9 Å². The summed E-state index contributed by atoms with van der Waals surface area (Å²) in [4.78, 5) is 24.0. The van der Waals surface area contributed by atoms with Gasteiger partial charge < -0.3 is 21.6 Å². The van der Waals surface area contributed by atoms with Gasteiger partial charge >= 0.3 is 0 Å². The fraction of sp³-hybridized carbons (Fsp3) is 0.769. The van der Waals surface area contributed by atoms with Gasteiger partial charge in [0.15, 0.2) is 5.84 Å². The second-order valence-electron chi connectivity index (χ2n) is 6.22. The van der Waals surface area contributed by atoms with Crippen LogP contribution < -0.4 is 16.4 Å². The topological polar surface area (TPSA) is 117 Å². The van der Waals surface area contributed by atoms with Crippen molar-refractivity contribution < 1.29 is 14.8 Å². The predicted molar refractivity (Wildman–Crippen MR) is 77.2 cm³/mol. The molecule has 0 rings (SSSR count). The van der Waals surface area contributed by atoms with Crippen LogP contribution in [0, 0.1) is 11.8 Å². The third kappa shape index (κ3) is 5.90. The van der Waals surface area contributed by atoms with Gasteiger partial charge in [0.1, 0.15) is 12.0 Å². The molecule has 0 bridgehead atoms. The van der Waals surface area contributed by atoms with E-state index in [0.717, 1.165) is 0 Å². The molecule has 0 aliphatic rings. The molecule has 5 N–H and O–H groups in total. The molecule has 0 saturated carbocycles. The number of amidine groups is 1. The minimum absolute atomic E-state index is 0.149. The monoisotopic (exact) mass is 286 g/mol. The molecule has 20 heavy (non-hydrogen) atoms. The lowest BCUT2D eigenvalue weighted by molar-refractivity contribution is -0.131. The number of carbonyl (C=O) groups is 2. The lowest BCUT2D eigenvalue weighted by Crippen LogP contribution is -2.53. The number of hydrogen-bond acceptors (Lipinski definition) is 4. The Hall–Kier alpha value is -1.79. The Labute approximate surface area is 120 Å². The van der Waals surface area contributed by atoms with E-state index in [-0.39, 0.29) is 23.2 Å². The summed E-state index contributed by atoms with van der Waals surface area (Å²) in [6, 6.07) is -0.700. The van der Waals surface area contributed by atoms with Gasteiger partial charge in [0.25, 0.3) is 0 Å². The van der Waals surface area contributed by atoms with Gasteiger partial charge in [0.2, 0.25) is 11.8 Å². The molecule has 116 valence electrons. The molecule has 0 aliphatic carbocycles. The van der Waals surface area contributed by atoms with Gasteiger partial charge in [-0.3, -0.25) is 9.59 Å². The normalized spacial score (nSPS) is 15.7. The van der Waals surface area contributed by atoms with Crippen LogP contribution in [0.1, 0.15) is 41.5 Å². The molecule has 0 radical (unpaired) electrons. The number of nitrogens with one attached hydrogen (secondary N) is 2. The van der Waals surface area contributed by atoms with Crippen LogP contribution >= 0.6 is 0 Å². The zero-order chi connectivity index (χ0) is 16.1. The Morgan fingerprint density at radius 3 is 2.00 bits per heavy atom. The number of carbonyl (C=O) groups excluding carboxylic acids is 2. The summed E-state index contributed by atoms with van der Waals surface area (Å²) >= 11 is 0. The number of rotatable bonds is 5. The minimum Gasteiger partial charge on any atom is -0.409 e. The second kappa shape index (κ2) is 7.12. The maximum atomic E-state index is 12.1. The summed E-state index contributed by atoms with van der Waals surface area (Å²) in [6.07, 6.45) is 0. The molecule has 2 unspecified atom stereocenters. The third-order valence-electron chi connectivity index (χ3n) is 2.63. The zero-order valence-electron chi connectivity index (χ0n) is 13.0. The molecular weight excluding hydrogens is 260 g/mol. The van der Waals surface area contributed by atoms with Crippen molar-refractivity contribution >= 4 is 17.6 Å². The highest BCUT2D eigenvalue weighted by Gasteiger charge is 2.29. The number of oxime groups is 1. The lowest BCUT2D eigenvalue weighted by Gasteiger charge is -2.25. The SMILES string of the molecule is CC(NC(=O)C(C(N)=NO)C(C)C)C(=O)NC(C)(C)C. The highest BCUT2D eigenvalue weighted by Crippen LogP contribution is 2.11. The average Bonchev–Trinajstić information content (AvgIpc) is 2.25. The van der Waals surface area contributed by atoms with Crippen molar-refractivity contribution in [1.82, 2.24) is 10.6 Å². The summed E-state index contributed by atoms with van der Waals surface area (Å²) in [7, 11) is 0. The maximum Gasteiger partial charge on any atom is 0.242 e. The third-order valence-corrected chi connectivity index (χ3v) is 2.63. The molecule has 0 aliphatic heterocycles. The van der Waals surface area contributed by atoms with Crippen LogP contribution in [0.3, 0.4) is 0 Å². The van der Waals surface area contributed by atoms with Gasteiger partial charge in [-0.1, -0.05) is 19.0 Å². The largest absolute Gasteiger partial charge is 0.409 e. The summed E-state index contributed by atoms with van der Waals surface area (Å²) in [5.41, 5.74) is 5.14. The van der Waals surface area contributed by atoms with E-state index in [1.807, 2.05) is 20.8 Å². The van der Waals surface area contributed by atoms with E-state index >= 15 is 0 Å². The number of hydrogen-bond donors (Lipinski definition) is 4. The van der Waals surface area contributed by atoms with Gasteiger partial charge in [0, 0.05) is 5.54 Å². The van der Waals surface area contributed by atoms with Crippen LogP contribution in [-0.4, -0.2) is 34.4 Å². The van der Waals surface area contributed by atoms with Crippen LogP contribution in [0.15, 0.2) is 5.16 Å². The van der Waals surface area contributed by atoms with Crippen LogP contribution in [0.5, 0.6) is 0 Å². The molecule has 0 spiro atoms. The first-order valence-corrected chi connectivity index (χ1v) is 6.59. The van der Waals surface area contributed by atoms with E-state index < -0.39 is 17.9 Å². The molecular formula is C13H26N4O3. The van der Waals surface area contributed by atoms with Crippen molar-refractivity contribution in [2.45, 2.75) is 53.1 Å². The Kier molecular flexibility index (Phi) is 6.48. The Morgan fingerprint density at radius 2 is 1.65 bits per heavy atom. The minimum atomic E-state index is -0.773. The van der Waals surface area contributed by atoms with Crippen molar-refractivity contribution in [1.29, 1.82) is 0 Å². The van der Waals surface area contributed by atoms with Crippen molar-refractivity contribution in [3.05, 3.63) is 0 Å². The molecule has 7 heteroatoms. The molecule has 0 heterocycles. The van der Waals surface area contributed by atoms with Crippen LogP contribution in [-0.2, 0) is 9.59 Å². The molecule has 2 atom stereocenters. The summed E-state index contributed by atoms with van der Waals surface area (Å²) < 4.78 is 0. The van der Waals surface area contributed by atoms with Crippen molar-refractivity contribution in [3.8, 4) is 0 Å². The lowest BCUT2D eigenvalue weighted by atomic mass is 9.93. The molecule has 0 saturated heterocycles. The number of nitrogens with zero attached hydrogens (tertiary/aromatic N) is 1. The number of amides is 2. The van der Waals surface area contributed by atoms with Crippen molar-refractivity contribution in [2.24, 2.45) is 22.7 Å². The molecule has 2 amide bonds. The van der Waals surface area contributed by atoms with E-state index in [1.54, 1.807) is 20.8 Å². The Bertz CT molecular complexity index is 386. The van der Waals surface area contributed by atoms with Crippen molar-refractivity contribution in [2.75, 3.05) is 0 Å². The smallest absolute Gasteiger partial charge is 0.242 e. The fourth-order valence-electron chi connectivity index (χ4n) is 1.69. The van der Waals surface area contributed by atoms with Crippen LogP contribution in [0.2, 0.25) is 0 Å². The molecule has 0 aromatic rings. The van der Waals surface area contributed by atoms with Crippen LogP contribution in [0.25, 0.3) is 0 Å². The van der Waals surface area contributed by atoms with Gasteiger partial charge in [-0.15, -0.1) is 0 Å². The van der Waals surface area contributed by atoms with Crippen molar-refractivity contribution in [3.63, 3.8) is 0 Å². The van der Waals surface area contributed by atoms with Crippen LogP contribution in [0.4, 0.5) is 0 Å². The summed E-state index contributed by atoms with van der Waals surface area (Å²) in [5, 5.41) is 16.9. The van der Waals surface area contributed by atoms with E-state index in [0.29, 0.717) is 0 Å². The highest BCUT2D eigenvalue weighted by molar-refractivity contribution is 6.03. The quantitative estimate of drug-likeness (QED) is 0.254.